The van der Waals surface area contributed by atoms with E-state index in [1.807, 2.05) is 19.1 Å². The van der Waals surface area contributed by atoms with Crippen molar-refractivity contribution in [1.29, 1.82) is 0 Å². The van der Waals surface area contributed by atoms with Crippen molar-refractivity contribution in [3.05, 3.63) is 23.5 Å². The van der Waals surface area contributed by atoms with Gasteiger partial charge in [-0.1, -0.05) is 0 Å². The van der Waals surface area contributed by atoms with E-state index >= 15 is 0 Å². The second-order valence-electron chi connectivity index (χ2n) is 4.69. The normalized spacial score (nSPS) is 16.9. The predicted octanol–water partition coefficient (Wildman–Crippen LogP) is 2.43. The summed E-state index contributed by atoms with van der Waals surface area (Å²) in [4.78, 5) is 15.5. The van der Waals surface area contributed by atoms with E-state index in [1.165, 1.54) is 0 Å². The number of hydrogen-bond acceptors (Lipinski definition) is 4. The Balaban J connectivity index is 1.89. The number of rotatable bonds is 4. The van der Waals surface area contributed by atoms with Crippen LogP contribution >= 0.6 is 0 Å². The fourth-order valence-electron chi connectivity index (χ4n) is 2.18. The molecule has 0 aliphatic heterocycles. The summed E-state index contributed by atoms with van der Waals surface area (Å²) in [5, 5.41) is 0. The second-order valence-corrected chi connectivity index (χ2v) is 4.69. The SMILES string of the molecule is COc1cc(C)nc(COC2CCC(=O)CC2)c1. The fourth-order valence-corrected chi connectivity index (χ4v) is 2.18. The van der Waals surface area contributed by atoms with Crippen LogP contribution in [0.25, 0.3) is 0 Å². The Morgan fingerprint density at radius 2 is 2.06 bits per heavy atom. The Morgan fingerprint density at radius 3 is 2.72 bits per heavy atom. The monoisotopic (exact) mass is 249 g/mol. The zero-order valence-corrected chi connectivity index (χ0v) is 10.9. The molecule has 0 amide bonds. The number of Topliss-reactive ketones (excluding diaryl/α,β-unsaturated/α-hetero) is 1. The summed E-state index contributed by atoms with van der Waals surface area (Å²) in [5.74, 6) is 1.16. The fraction of sp³-hybridized carbons (Fsp3) is 0.571. The predicted molar refractivity (Wildman–Crippen MR) is 67.6 cm³/mol. The van der Waals surface area contributed by atoms with Gasteiger partial charge in [-0.05, 0) is 19.8 Å². The van der Waals surface area contributed by atoms with Gasteiger partial charge in [0.1, 0.15) is 11.5 Å². The van der Waals surface area contributed by atoms with Crippen LogP contribution in [-0.2, 0) is 16.1 Å². The lowest BCUT2D eigenvalue weighted by atomic mass is 9.96. The van der Waals surface area contributed by atoms with E-state index in [0.29, 0.717) is 25.2 Å². The number of aryl methyl sites for hydroxylation is 1. The molecule has 1 aromatic heterocycles. The summed E-state index contributed by atoms with van der Waals surface area (Å²) < 4.78 is 11.0. The third kappa shape index (κ3) is 3.53. The average molecular weight is 249 g/mol. The van der Waals surface area contributed by atoms with Crippen molar-refractivity contribution in [2.75, 3.05) is 7.11 Å². The highest BCUT2D eigenvalue weighted by atomic mass is 16.5. The molecule has 1 fully saturated rings. The number of pyridine rings is 1. The van der Waals surface area contributed by atoms with Crippen LogP contribution in [0.4, 0.5) is 0 Å². The van der Waals surface area contributed by atoms with Gasteiger partial charge >= 0.3 is 0 Å². The molecule has 4 nitrogen and oxygen atoms in total. The molecular weight excluding hydrogens is 230 g/mol. The number of aromatic nitrogens is 1. The minimum atomic E-state index is 0.191. The topological polar surface area (TPSA) is 48.4 Å². The van der Waals surface area contributed by atoms with E-state index in [4.69, 9.17) is 9.47 Å². The van der Waals surface area contributed by atoms with Gasteiger partial charge in [0.05, 0.1) is 25.5 Å². The molecular formula is C14H19NO3. The Kier molecular flexibility index (Phi) is 4.31. The first-order valence-electron chi connectivity index (χ1n) is 6.32. The van der Waals surface area contributed by atoms with Crippen LogP contribution in [0.15, 0.2) is 12.1 Å². The molecule has 0 saturated heterocycles. The minimum Gasteiger partial charge on any atom is -0.497 e. The van der Waals surface area contributed by atoms with Crippen molar-refractivity contribution in [3.63, 3.8) is 0 Å². The van der Waals surface area contributed by atoms with Crippen molar-refractivity contribution in [3.8, 4) is 5.75 Å². The molecule has 98 valence electrons. The van der Waals surface area contributed by atoms with Crippen molar-refractivity contribution >= 4 is 5.78 Å². The van der Waals surface area contributed by atoms with E-state index in [-0.39, 0.29) is 6.10 Å². The lowest BCUT2D eigenvalue weighted by molar-refractivity contribution is -0.123. The summed E-state index contributed by atoms with van der Waals surface area (Å²) in [6.45, 7) is 2.42. The summed E-state index contributed by atoms with van der Waals surface area (Å²) in [5.41, 5.74) is 1.80. The highest BCUT2D eigenvalue weighted by molar-refractivity contribution is 5.79. The average Bonchev–Trinajstić information content (AvgIpc) is 2.37. The van der Waals surface area contributed by atoms with E-state index in [1.54, 1.807) is 7.11 Å². The Hall–Kier alpha value is -1.42. The number of ether oxygens (including phenoxy) is 2. The van der Waals surface area contributed by atoms with Gasteiger partial charge < -0.3 is 9.47 Å². The zero-order chi connectivity index (χ0) is 13.0. The van der Waals surface area contributed by atoms with Gasteiger partial charge in [-0.15, -0.1) is 0 Å². The Labute approximate surface area is 107 Å². The van der Waals surface area contributed by atoms with Crippen LogP contribution in [0.5, 0.6) is 5.75 Å². The maximum Gasteiger partial charge on any atom is 0.133 e. The van der Waals surface area contributed by atoms with Crippen molar-refractivity contribution < 1.29 is 14.3 Å². The molecule has 0 unspecified atom stereocenters. The van der Waals surface area contributed by atoms with Gasteiger partial charge in [-0.2, -0.15) is 0 Å². The third-order valence-corrected chi connectivity index (χ3v) is 3.17. The van der Waals surface area contributed by atoms with Crippen LogP contribution in [0.3, 0.4) is 0 Å². The van der Waals surface area contributed by atoms with Gasteiger partial charge in [0, 0.05) is 30.7 Å². The molecule has 1 saturated carbocycles. The second kappa shape index (κ2) is 5.96. The summed E-state index contributed by atoms with van der Waals surface area (Å²) in [7, 11) is 1.64. The van der Waals surface area contributed by atoms with Crippen LogP contribution in [0, 0.1) is 6.92 Å². The summed E-state index contributed by atoms with van der Waals surface area (Å²) >= 11 is 0. The number of carbonyl (C=O) groups is 1. The highest BCUT2D eigenvalue weighted by Crippen LogP contribution is 2.20. The number of methoxy groups -OCH3 is 1. The number of hydrogen-bond donors (Lipinski definition) is 0. The van der Waals surface area contributed by atoms with Crippen LogP contribution in [-0.4, -0.2) is 24.0 Å². The van der Waals surface area contributed by atoms with Crippen LogP contribution in [0.2, 0.25) is 0 Å². The molecule has 0 atom stereocenters. The van der Waals surface area contributed by atoms with E-state index in [0.717, 1.165) is 30.0 Å². The lowest BCUT2D eigenvalue weighted by Gasteiger charge is -2.21. The molecule has 18 heavy (non-hydrogen) atoms. The largest absolute Gasteiger partial charge is 0.497 e. The van der Waals surface area contributed by atoms with E-state index in [9.17, 15) is 4.79 Å². The maximum absolute atomic E-state index is 11.1. The Bertz CT molecular complexity index is 421. The first kappa shape index (κ1) is 13.0. The first-order chi connectivity index (χ1) is 8.67. The van der Waals surface area contributed by atoms with Gasteiger partial charge in [0.2, 0.25) is 0 Å². The van der Waals surface area contributed by atoms with Crippen LogP contribution in [0.1, 0.15) is 37.1 Å². The van der Waals surface area contributed by atoms with Crippen molar-refractivity contribution in [2.45, 2.75) is 45.3 Å². The quantitative estimate of drug-likeness (QED) is 0.822. The molecule has 0 bridgehead atoms. The molecule has 1 aromatic rings. The molecule has 0 spiro atoms. The molecule has 1 aliphatic rings. The van der Waals surface area contributed by atoms with Gasteiger partial charge in [-0.25, -0.2) is 0 Å². The zero-order valence-electron chi connectivity index (χ0n) is 10.9. The number of ketones is 1. The molecule has 2 rings (SSSR count). The van der Waals surface area contributed by atoms with E-state index < -0.39 is 0 Å². The number of nitrogens with zero attached hydrogens (tertiary/aromatic N) is 1. The molecule has 1 heterocycles. The van der Waals surface area contributed by atoms with Gasteiger partial charge in [0.25, 0.3) is 0 Å². The van der Waals surface area contributed by atoms with Gasteiger partial charge in [-0.3, -0.25) is 9.78 Å². The summed E-state index contributed by atoms with van der Waals surface area (Å²) in [6.07, 6.45) is 3.16. The Morgan fingerprint density at radius 1 is 1.33 bits per heavy atom. The smallest absolute Gasteiger partial charge is 0.133 e. The van der Waals surface area contributed by atoms with E-state index in [2.05, 4.69) is 4.98 Å². The molecule has 0 N–H and O–H groups in total. The molecule has 0 aromatic carbocycles. The molecule has 1 aliphatic carbocycles. The van der Waals surface area contributed by atoms with Crippen molar-refractivity contribution in [1.82, 2.24) is 4.98 Å². The molecule has 0 radical (unpaired) electrons. The van der Waals surface area contributed by atoms with Crippen molar-refractivity contribution in [2.24, 2.45) is 0 Å². The minimum absolute atomic E-state index is 0.191. The lowest BCUT2D eigenvalue weighted by Crippen LogP contribution is -2.21. The first-order valence-corrected chi connectivity index (χ1v) is 6.32. The molecule has 4 heteroatoms. The standard InChI is InChI=1S/C14H19NO3/c1-10-7-14(17-2)8-11(15-10)9-18-13-5-3-12(16)4-6-13/h7-8,13H,3-6,9H2,1-2H3. The highest BCUT2D eigenvalue weighted by Gasteiger charge is 2.19. The summed E-state index contributed by atoms with van der Waals surface area (Å²) in [6, 6.07) is 3.78. The van der Waals surface area contributed by atoms with Gasteiger partial charge in [0.15, 0.2) is 0 Å². The van der Waals surface area contributed by atoms with Crippen LogP contribution < -0.4 is 4.74 Å². The number of carbonyl (C=O) groups excluding carboxylic acids is 1. The maximum atomic E-state index is 11.1. The third-order valence-electron chi connectivity index (χ3n) is 3.17.